The highest BCUT2D eigenvalue weighted by atomic mass is 19.1. The summed E-state index contributed by atoms with van der Waals surface area (Å²) in [6.07, 6.45) is 0. The average Bonchev–Trinajstić information content (AvgIpc) is 2.91. The zero-order chi connectivity index (χ0) is 18.8. The van der Waals surface area contributed by atoms with Crippen LogP contribution in [0.1, 0.15) is 11.1 Å². The lowest BCUT2D eigenvalue weighted by molar-refractivity contribution is -0.134. The highest BCUT2D eigenvalue weighted by molar-refractivity contribution is 6.25. The van der Waals surface area contributed by atoms with Crippen molar-refractivity contribution >= 4 is 23.1 Å². The molecule has 0 saturated carbocycles. The summed E-state index contributed by atoms with van der Waals surface area (Å²) in [4.78, 5) is 24.4. The largest absolute Gasteiger partial charge is 0.504 e. The molecular formula is C19H12F2O5. The van der Waals surface area contributed by atoms with E-state index in [-0.39, 0.29) is 11.1 Å². The number of aliphatic hydroxyl groups excluding tert-OH is 1. The number of benzene rings is 2. The van der Waals surface area contributed by atoms with Crippen molar-refractivity contribution in [3.8, 4) is 0 Å². The van der Waals surface area contributed by atoms with Gasteiger partial charge < -0.3 is 14.6 Å². The molecule has 0 saturated heterocycles. The van der Waals surface area contributed by atoms with Gasteiger partial charge in [0.1, 0.15) is 22.8 Å². The number of methoxy groups -OCH3 is 1. The zero-order valence-corrected chi connectivity index (χ0v) is 13.5. The second-order valence-corrected chi connectivity index (χ2v) is 5.27. The third kappa shape index (κ3) is 2.83. The van der Waals surface area contributed by atoms with Gasteiger partial charge in [-0.2, -0.15) is 0 Å². The highest BCUT2D eigenvalue weighted by Crippen LogP contribution is 2.37. The van der Waals surface area contributed by atoms with E-state index in [4.69, 9.17) is 4.74 Å². The van der Waals surface area contributed by atoms with Crippen molar-refractivity contribution in [1.82, 2.24) is 0 Å². The number of hydrogen-bond donors (Lipinski definition) is 1. The molecule has 0 fully saturated rings. The van der Waals surface area contributed by atoms with Crippen LogP contribution >= 0.6 is 0 Å². The molecule has 1 heterocycles. The number of esters is 2. The summed E-state index contributed by atoms with van der Waals surface area (Å²) in [6, 6.07) is 10.5. The molecule has 0 amide bonds. The van der Waals surface area contributed by atoms with Crippen LogP contribution in [-0.2, 0) is 19.1 Å². The lowest BCUT2D eigenvalue weighted by Gasteiger charge is -2.10. The molecule has 0 bridgehead atoms. The van der Waals surface area contributed by atoms with Gasteiger partial charge in [-0.05, 0) is 12.1 Å². The monoisotopic (exact) mass is 358 g/mol. The van der Waals surface area contributed by atoms with E-state index in [1.54, 1.807) is 0 Å². The molecule has 0 aliphatic carbocycles. The maximum absolute atomic E-state index is 14.2. The zero-order valence-electron chi connectivity index (χ0n) is 13.5. The van der Waals surface area contributed by atoms with Gasteiger partial charge in [0.05, 0.1) is 7.11 Å². The van der Waals surface area contributed by atoms with Crippen molar-refractivity contribution in [2.45, 2.75) is 0 Å². The van der Waals surface area contributed by atoms with Gasteiger partial charge >= 0.3 is 11.9 Å². The maximum Gasteiger partial charge on any atom is 0.348 e. The van der Waals surface area contributed by atoms with Gasteiger partial charge in [0.2, 0.25) is 0 Å². The molecule has 2 aromatic carbocycles. The number of halogens is 2. The molecule has 0 radical (unpaired) electrons. The fourth-order valence-electron chi connectivity index (χ4n) is 2.56. The predicted molar refractivity (Wildman–Crippen MR) is 87.4 cm³/mol. The Morgan fingerprint density at radius 3 is 2.27 bits per heavy atom. The first-order valence-corrected chi connectivity index (χ1v) is 7.44. The molecule has 1 N–H and O–H groups in total. The van der Waals surface area contributed by atoms with E-state index in [9.17, 15) is 23.5 Å². The normalized spacial score (nSPS) is 15.7. The Kier molecular flexibility index (Phi) is 4.53. The lowest BCUT2D eigenvalue weighted by atomic mass is 10.0. The van der Waals surface area contributed by atoms with E-state index >= 15 is 0 Å². The van der Waals surface area contributed by atoms with Crippen molar-refractivity contribution in [3.05, 3.63) is 82.8 Å². The van der Waals surface area contributed by atoms with Crippen LogP contribution in [0, 0.1) is 11.6 Å². The minimum atomic E-state index is -1.07. The molecule has 3 rings (SSSR count). The van der Waals surface area contributed by atoms with Crippen molar-refractivity contribution in [2.24, 2.45) is 0 Å². The SMILES string of the molecule is COC(=O)/C(=C1\OC(=O)C(c2ccccc2F)=C1O)c1ccccc1F. The predicted octanol–water partition coefficient (Wildman–Crippen LogP) is 3.38. The van der Waals surface area contributed by atoms with Gasteiger partial charge in [-0.1, -0.05) is 36.4 Å². The van der Waals surface area contributed by atoms with E-state index in [2.05, 4.69) is 4.74 Å². The van der Waals surface area contributed by atoms with E-state index in [0.717, 1.165) is 19.2 Å². The van der Waals surface area contributed by atoms with Crippen molar-refractivity contribution in [3.63, 3.8) is 0 Å². The molecule has 132 valence electrons. The Morgan fingerprint density at radius 1 is 1.04 bits per heavy atom. The highest BCUT2D eigenvalue weighted by Gasteiger charge is 2.37. The van der Waals surface area contributed by atoms with Crippen molar-refractivity contribution in [2.75, 3.05) is 7.11 Å². The summed E-state index contributed by atoms with van der Waals surface area (Å²) in [5, 5.41) is 10.4. The molecule has 0 atom stereocenters. The van der Waals surface area contributed by atoms with E-state index < -0.39 is 46.2 Å². The van der Waals surface area contributed by atoms with Gasteiger partial charge in [0.15, 0.2) is 11.5 Å². The van der Waals surface area contributed by atoms with E-state index in [0.29, 0.717) is 0 Å². The summed E-state index contributed by atoms with van der Waals surface area (Å²) in [5.41, 5.74) is -1.38. The van der Waals surface area contributed by atoms with Gasteiger partial charge in [-0.25, -0.2) is 18.4 Å². The van der Waals surface area contributed by atoms with Crippen molar-refractivity contribution < 1.29 is 33.0 Å². The molecule has 0 unspecified atom stereocenters. The first-order chi connectivity index (χ1) is 12.5. The minimum Gasteiger partial charge on any atom is -0.504 e. The smallest absolute Gasteiger partial charge is 0.348 e. The van der Waals surface area contributed by atoms with Gasteiger partial charge in [0.25, 0.3) is 0 Å². The molecule has 5 nitrogen and oxygen atoms in total. The lowest BCUT2D eigenvalue weighted by Crippen LogP contribution is -2.10. The second-order valence-electron chi connectivity index (χ2n) is 5.27. The Morgan fingerprint density at radius 2 is 1.65 bits per heavy atom. The molecule has 7 heteroatoms. The number of aliphatic hydroxyl groups is 1. The number of carbonyl (C=O) groups excluding carboxylic acids is 2. The maximum atomic E-state index is 14.2. The van der Waals surface area contributed by atoms with Crippen LogP contribution < -0.4 is 0 Å². The van der Waals surface area contributed by atoms with Gasteiger partial charge in [0, 0.05) is 11.1 Å². The molecule has 1 aliphatic rings. The summed E-state index contributed by atoms with van der Waals surface area (Å²) in [5.74, 6) is -5.02. The number of rotatable bonds is 3. The standard InChI is InChI=1S/C19H12F2O5/c1-25-18(23)15(11-7-3-5-9-13(11)21)17-16(22)14(19(24)26-17)10-6-2-4-8-12(10)20/h2-9,22H,1H3/b17-15-. The van der Waals surface area contributed by atoms with Crippen molar-refractivity contribution in [1.29, 1.82) is 0 Å². The Hall–Kier alpha value is -3.48. The van der Waals surface area contributed by atoms with Crippen LogP contribution in [-0.4, -0.2) is 24.2 Å². The molecular weight excluding hydrogens is 346 g/mol. The van der Waals surface area contributed by atoms with Gasteiger partial charge in [-0.15, -0.1) is 0 Å². The summed E-state index contributed by atoms with van der Waals surface area (Å²) in [7, 11) is 1.05. The summed E-state index contributed by atoms with van der Waals surface area (Å²) >= 11 is 0. The second kappa shape index (κ2) is 6.79. The number of cyclic esters (lactones) is 1. The molecule has 26 heavy (non-hydrogen) atoms. The fourth-order valence-corrected chi connectivity index (χ4v) is 2.56. The molecule has 0 aromatic heterocycles. The topological polar surface area (TPSA) is 72.8 Å². The quantitative estimate of drug-likeness (QED) is 0.673. The van der Waals surface area contributed by atoms with Crippen LogP contribution in [0.3, 0.4) is 0 Å². The van der Waals surface area contributed by atoms with Crippen LogP contribution in [0.5, 0.6) is 0 Å². The van der Waals surface area contributed by atoms with Gasteiger partial charge in [-0.3, -0.25) is 0 Å². The van der Waals surface area contributed by atoms with Crippen LogP contribution in [0.25, 0.3) is 11.1 Å². The van der Waals surface area contributed by atoms with E-state index in [1.165, 1.54) is 36.4 Å². The molecule has 1 aliphatic heterocycles. The Labute approximate surface area is 146 Å². The number of hydrogen-bond acceptors (Lipinski definition) is 5. The number of ether oxygens (including phenoxy) is 2. The summed E-state index contributed by atoms with van der Waals surface area (Å²) in [6.45, 7) is 0. The van der Waals surface area contributed by atoms with Crippen LogP contribution in [0.15, 0.2) is 60.0 Å². The molecule has 0 spiro atoms. The Balaban J connectivity index is 2.28. The van der Waals surface area contributed by atoms with E-state index in [1.807, 2.05) is 0 Å². The third-order valence-corrected chi connectivity index (χ3v) is 3.75. The first-order valence-electron chi connectivity index (χ1n) is 7.44. The first kappa shape index (κ1) is 17.3. The Bertz CT molecular complexity index is 975. The average molecular weight is 358 g/mol. The van der Waals surface area contributed by atoms with Crippen LogP contribution in [0.4, 0.5) is 8.78 Å². The van der Waals surface area contributed by atoms with Crippen LogP contribution in [0.2, 0.25) is 0 Å². The minimum absolute atomic E-state index is 0.206. The summed E-state index contributed by atoms with van der Waals surface area (Å²) < 4.78 is 37.8. The third-order valence-electron chi connectivity index (χ3n) is 3.75. The number of carbonyl (C=O) groups is 2. The fraction of sp³-hybridized carbons (Fsp3) is 0.0526. The molecule has 2 aromatic rings.